The molecule has 0 radical (unpaired) electrons. The maximum Gasteiger partial charge on any atom is 0.295 e. The number of aliphatic hydroxyl groups excluding tert-OH is 1. The summed E-state index contributed by atoms with van der Waals surface area (Å²) in [4.78, 5) is 27.7. The fraction of sp³-hybridized carbons (Fsp3) is 0.385. The molecule has 1 unspecified atom stereocenters. The lowest BCUT2D eigenvalue weighted by molar-refractivity contribution is -0.140. The SMILES string of the molecule is COCCN1C(=O)C(=O)/C(=C(/O)c2cc(Cl)cc(Cl)c2OC)C1c1ccc(OC)c(OCC(C)C)c1. The first-order chi connectivity index (χ1) is 17.1. The smallest absolute Gasteiger partial charge is 0.295 e. The largest absolute Gasteiger partial charge is 0.507 e. The van der Waals surface area contributed by atoms with Crippen LogP contribution >= 0.6 is 23.2 Å². The van der Waals surface area contributed by atoms with Crippen molar-refractivity contribution in [2.75, 3.05) is 41.1 Å². The Balaban J connectivity index is 2.25. The van der Waals surface area contributed by atoms with Gasteiger partial charge in [-0.1, -0.05) is 43.1 Å². The summed E-state index contributed by atoms with van der Waals surface area (Å²) in [6.07, 6.45) is 0. The van der Waals surface area contributed by atoms with Crippen LogP contribution < -0.4 is 14.2 Å². The van der Waals surface area contributed by atoms with Crippen molar-refractivity contribution in [3.05, 3.63) is 57.1 Å². The van der Waals surface area contributed by atoms with Gasteiger partial charge in [0.25, 0.3) is 11.7 Å². The zero-order valence-electron chi connectivity index (χ0n) is 20.8. The minimum Gasteiger partial charge on any atom is -0.507 e. The van der Waals surface area contributed by atoms with E-state index in [4.69, 9.17) is 42.1 Å². The summed E-state index contributed by atoms with van der Waals surface area (Å²) in [7, 11) is 4.40. The molecule has 1 amide bonds. The van der Waals surface area contributed by atoms with E-state index in [0.717, 1.165) is 0 Å². The van der Waals surface area contributed by atoms with Crippen molar-refractivity contribution < 1.29 is 33.6 Å². The van der Waals surface area contributed by atoms with E-state index >= 15 is 0 Å². The predicted molar refractivity (Wildman–Crippen MR) is 137 cm³/mol. The Morgan fingerprint density at radius 2 is 1.78 bits per heavy atom. The van der Waals surface area contributed by atoms with E-state index < -0.39 is 23.5 Å². The molecule has 3 rings (SSSR count). The molecule has 2 aromatic rings. The van der Waals surface area contributed by atoms with Crippen LogP contribution in [0.4, 0.5) is 0 Å². The number of halogens is 2. The topological polar surface area (TPSA) is 94.5 Å². The van der Waals surface area contributed by atoms with Crippen molar-refractivity contribution >= 4 is 40.7 Å². The third-order valence-corrected chi connectivity index (χ3v) is 6.12. The quantitative estimate of drug-likeness (QED) is 0.255. The molecule has 1 atom stereocenters. The average Bonchev–Trinajstić information content (AvgIpc) is 3.09. The summed E-state index contributed by atoms with van der Waals surface area (Å²) < 4.78 is 21.9. The highest BCUT2D eigenvalue weighted by atomic mass is 35.5. The number of ketones is 1. The molecule has 36 heavy (non-hydrogen) atoms. The number of amides is 1. The molecule has 0 spiro atoms. The van der Waals surface area contributed by atoms with Crippen molar-refractivity contribution in [1.29, 1.82) is 0 Å². The molecular weight excluding hydrogens is 509 g/mol. The maximum atomic E-state index is 13.3. The standard InChI is InChI=1S/C26H29Cl2NO7/c1-14(2)13-36-20-10-15(6-7-19(20)34-4)22-21(24(31)26(32)29(22)8-9-33-3)23(30)17-11-16(27)12-18(28)25(17)35-5/h6-7,10-12,14,22,30H,8-9,13H2,1-5H3/b23-21+. The number of aliphatic hydroxyl groups is 1. The molecule has 1 N–H and O–H groups in total. The molecule has 0 aliphatic carbocycles. The molecule has 0 aromatic heterocycles. The zero-order chi connectivity index (χ0) is 26.6. The molecular formula is C26H29Cl2NO7. The minimum atomic E-state index is -0.935. The van der Waals surface area contributed by atoms with Gasteiger partial charge < -0.3 is 29.0 Å². The van der Waals surface area contributed by atoms with Gasteiger partial charge in [0.05, 0.1) is 49.6 Å². The third kappa shape index (κ3) is 5.56. The second-order valence-corrected chi connectivity index (χ2v) is 9.41. The number of hydrogen-bond donors (Lipinski definition) is 1. The van der Waals surface area contributed by atoms with Gasteiger partial charge in [-0.15, -0.1) is 0 Å². The summed E-state index contributed by atoms with van der Waals surface area (Å²) >= 11 is 12.4. The van der Waals surface area contributed by atoms with E-state index in [0.29, 0.717) is 23.7 Å². The number of rotatable bonds is 10. The van der Waals surface area contributed by atoms with E-state index in [-0.39, 0.29) is 46.0 Å². The van der Waals surface area contributed by atoms with Gasteiger partial charge in [0.15, 0.2) is 11.5 Å². The van der Waals surface area contributed by atoms with Crippen LogP contribution in [0.15, 0.2) is 35.9 Å². The highest BCUT2D eigenvalue weighted by molar-refractivity contribution is 6.46. The summed E-state index contributed by atoms with van der Waals surface area (Å²) in [6, 6.07) is 7.05. The van der Waals surface area contributed by atoms with Crippen LogP contribution in [-0.4, -0.2) is 62.8 Å². The Bertz CT molecular complexity index is 1180. The lowest BCUT2D eigenvalue weighted by atomic mass is 9.94. The Morgan fingerprint density at radius 3 is 2.39 bits per heavy atom. The zero-order valence-corrected chi connectivity index (χ0v) is 22.3. The molecule has 2 aromatic carbocycles. The molecule has 1 fully saturated rings. The lowest BCUT2D eigenvalue weighted by Crippen LogP contribution is -2.32. The molecule has 194 valence electrons. The van der Waals surface area contributed by atoms with E-state index in [1.165, 1.54) is 38.4 Å². The Morgan fingerprint density at radius 1 is 1.06 bits per heavy atom. The Kier molecular flexibility index (Phi) is 9.11. The molecule has 8 nitrogen and oxygen atoms in total. The number of benzene rings is 2. The van der Waals surface area contributed by atoms with Gasteiger partial charge >= 0.3 is 0 Å². The second-order valence-electron chi connectivity index (χ2n) is 8.57. The second kappa shape index (κ2) is 11.9. The Hall–Kier alpha value is -2.94. The fourth-order valence-electron chi connectivity index (χ4n) is 3.97. The number of carbonyl (C=O) groups excluding carboxylic acids is 2. The number of hydrogen-bond acceptors (Lipinski definition) is 7. The number of Topliss-reactive ketones (excluding diaryl/α,β-unsaturated/α-hetero) is 1. The average molecular weight is 538 g/mol. The van der Waals surface area contributed by atoms with Crippen LogP contribution in [0.5, 0.6) is 17.2 Å². The van der Waals surface area contributed by atoms with E-state index in [1.807, 2.05) is 13.8 Å². The van der Waals surface area contributed by atoms with Gasteiger partial charge in [0, 0.05) is 18.7 Å². The first-order valence-corrected chi connectivity index (χ1v) is 12.0. The molecule has 1 heterocycles. The highest BCUT2D eigenvalue weighted by Crippen LogP contribution is 2.44. The predicted octanol–water partition coefficient (Wildman–Crippen LogP) is 5.11. The monoisotopic (exact) mass is 537 g/mol. The van der Waals surface area contributed by atoms with Crippen LogP contribution in [0, 0.1) is 5.92 Å². The lowest BCUT2D eigenvalue weighted by Gasteiger charge is -2.26. The van der Waals surface area contributed by atoms with Crippen LogP contribution in [0.3, 0.4) is 0 Å². The highest BCUT2D eigenvalue weighted by Gasteiger charge is 2.46. The molecule has 0 bridgehead atoms. The fourth-order valence-corrected chi connectivity index (χ4v) is 4.54. The number of methoxy groups -OCH3 is 3. The first-order valence-electron chi connectivity index (χ1n) is 11.3. The number of carbonyl (C=O) groups is 2. The Labute approximate surface area is 220 Å². The van der Waals surface area contributed by atoms with E-state index in [2.05, 4.69) is 0 Å². The molecule has 10 heteroatoms. The van der Waals surface area contributed by atoms with Gasteiger partial charge in [-0.25, -0.2) is 0 Å². The van der Waals surface area contributed by atoms with E-state index in [1.54, 1.807) is 18.2 Å². The number of ether oxygens (including phenoxy) is 4. The normalized spacial score (nSPS) is 17.1. The number of nitrogens with zero attached hydrogens (tertiary/aromatic N) is 1. The molecule has 1 aliphatic rings. The van der Waals surface area contributed by atoms with Crippen molar-refractivity contribution in [3.63, 3.8) is 0 Å². The van der Waals surface area contributed by atoms with Crippen molar-refractivity contribution in [2.24, 2.45) is 5.92 Å². The van der Waals surface area contributed by atoms with Crippen molar-refractivity contribution in [1.82, 2.24) is 4.90 Å². The summed E-state index contributed by atoms with van der Waals surface area (Å²) in [5.41, 5.74) is 0.501. The van der Waals surface area contributed by atoms with Gasteiger partial charge in [-0.2, -0.15) is 0 Å². The molecule has 1 aliphatic heterocycles. The minimum absolute atomic E-state index is 0.0922. The summed E-state index contributed by atoms with van der Waals surface area (Å²) in [6.45, 7) is 4.76. The van der Waals surface area contributed by atoms with Gasteiger partial charge in [0.2, 0.25) is 0 Å². The molecule has 1 saturated heterocycles. The first kappa shape index (κ1) is 27.6. The van der Waals surface area contributed by atoms with Gasteiger partial charge in [-0.3, -0.25) is 9.59 Å². The van der Waals surface area contributed by atoms with Crippen molar-refractivity contribution in [2.45, 2.75) is 19.9 Å². The van der Waals surface area contributed by atoms with Crippen molar-refractivity contribution in [3.8, 4) is 17.2 Å². The number of likely N-dealkylation sites (tertiary alicyclic amines) is 1. The van der Waals surface area contributed by atoms with Gasteiger partial charge in [0.1, 0.15) is 11.5 Å². The van der Waals surface area contributed by atoms with Crippen LogP contribution in [-0.2, 0) is 14.3 Å². The van der Waals surface area contributed by atoms with Gasteiger partial charge in [-0.05, 0) is 35.7 Å². The summed E-state index contributed by atoms with van der Waals surface area (Å²) in [5.74, 6) is -0.763. The van der Waals surface area contributed by atoms with Crippen LogP contribution in [0.2, 0.25) is 10.0 Å². The third-order valence-electron chi connectivity index (χ3n) is 5.62. The molecule has 0 saturated carbocycles. The van der Waals surface area contributed by atoms with Crippen LogP contribution in [0.25, 0.3) is 5.76 Å². The van der Waals surface area contributed by atoms with E-state index in [9.17, 15) is 14.7 Å². The summed E-state index contributed by atoms with van der Waals surface area (Å²) in [5, 5.41) is 11.8. The van der Waals surface area contributed by atoms with Crippen LogP contribution in [0.1, 0.15) is 31.0 Å². The maximum absolute atomic E-state index is 13.3.